The van der Waals surface area contributed by atoms with Crippen molar-refractivity contribution in [3.05, 3.63) is 45.3 Å². The number of rotatable bonds is 9. The van der Waals surface area contributed by atoms with Crippen molar-refractivity contribution in [2.45, 2.75) is 39.2 Å². The molecule has 150 valence electrons. The summed E-state index contributed by atoms with van der Waals surface area (Å²) in [4.78, 5) is 23.6. The molecular weight excluding hydrogens is 376 g/mol. The number of fused-ring (bicyclic) bond motifs is 1. The summed E-state index contributed by atoms with van der Waals surface area (Å²) in [6.07, 6.45) is 2.19. The second-order valence-electron chi connectivity index (χ2n) is 7.19. The van der Waals surface area contributed by atoms with Gasteiger partial charge in [-0.2, -0.15) is 0 Å². The first-order valence-corrected chi connectivity index (χ1v) is 10.2. The van der Waals surface area contributed by atoms with Gasteiger partial charge in [-0.05, 0) is 36.5 Å². The van der Waals surface area contributed by atoms with E-state index in [1.165, 1.54) is 0 Å². The molecule has 0 aliphatic carbocycles. The van der Waals surface area contributed by atoms with E-state index in [9.17, 15) is 9.90 Å². The fourth-order valence-electron chi connectivity index (χ4n) is 3.13. The second-order valence-corrected chi connectivity index (χ2v) is 8.17. The third-order valence-corrected chi connectivity index (χ3v) is 5.29. The maximum atomic E-state index is 11.8. The minimum Gasteiger partial charge on any atom is -0.497 e. The van der Waals surface area contributed by atoms with E-state index in [2.05, 4.69) is 34.1 Å². The Labute approximate surface area is 167 Å². The summed E-state index contributed by atoms with van der Waals surface area (Å²) in [5, 5.41) is 13.0. The summed E-state index contributed by atoms with van der Waals surface area (Å²) in [5.74, 6) is 2.50. The molecule has 3 rings (SSSR count). The van der Waals surface area contributed by atoms with E-state index >= 15 is 0 Å². The van der Waals surface area contributed by atoms with Crippen LogP contribution in [0, 0.1) is 5.92 Å². The molecule has 0 amide bonds. The van der Waals surface area contributed by atoms with Crippen molar-refractivity contribution in [3.8, 4) is 5.75 Å². The normalized spacial score (nSPS) is 12.5. The van der Waals surface area contributed by atoms with Gasteiger partial charge in [0.1, 0.15) is 22.1 Å². The lowest BCUT2D eigenvalue weighted by molar-refractivity contribution is 0.259. The van der Waals surface area contributed by atoms with Crippen LogP contribution < -0.4 is 14.9 Å². The molecule has 0 fully saturated rings. The number of aromatic nitrogens is 3. The van der Waals surface area contributed by atoms with Crippen LogP contribution in [-0.4, -0.2) is 39.8 Å². The Hall–Kier alpha value is -2.45. The highest BCUT2D eigenvalue weighted by molar-refractivity contribution is 7.16. The monoisotopic (exact) mass is 402 g/mol. The lowest BCUT2D eigenvalue weighted by Gasteiger charge is -2.19. The molecule has 3 aromatic rings. The highest BCUT2D eigenvalue weighted by Gasteiger charge is 2.16. The Morgan fingerprint density at radius 1 is 1.29 bits per heavy atom. The molecule has 0 saturated carbocycles. The van der Waals surface area contributed by atoms with E-state index in [1.807, 2.05) is 24.3 Å². The summed E-state index contributed by atoms with van der Waals surface area (Å²) in [6.45, 7) is 4.21. The third kappa shape index (κ3) is 5.08. The lowest BCUT2D eigenvalue weighted by atomic mass is 10.0. The van der Waals surface area contributed by atoms with E-state index in [0.717, 1.165) is 35.5 Å². The molecular formula is C20H26N4O3S. The van der Waals surface area contributed by atoms with Crippen LogP contribution in [0.4, 0.5) is 5.82 Å². The van der Waals surface area contributed by atoms with E-state index in [4.69, 9.17) is 4.74 Å². The maximum absolute atomic E-state index is 11.8. The quantitative estimate of drug-likeness (QED) is 0.509. The Morgan fingerprint density at radius 2 is 2.11 bits per heavy atom. The van der Waals surface area contributed by atoms with E-state index in [-0.39, 0.29) is 17.5 Å². The van der Waals surface area contributed by atoms with Crippen molar-refractivity contribution in [2.24, 2.45) is 5.92 Å². The number of H-pyrrole nitrogens is 1. The van der Waals surface area contributed by atoms with Crippen molar-refractivity contribution in [1.82, 2.24) is 15.0 Å². The summed E-state index contributed by atoms with van der Waals surface area (Å²) in [6, 6.07) is 7.78. The molecule has 0 spiro atoms. The first-order valence-electron chi connectivity index (χ1n) is 9.38. The highest BCUT2D eigenvalue weighted by Crippen LogP contribution is 2.24. The average molecular weight is 403 g/mol. The van der Waals surface area contributed by atoms with Crippen LogP contribution in [0.3, 0.4) is 0 Å². The van der Waals surface area contributed by atoms with Gasteiger partial charge in [-0.3, -0.25) is 9.78 Å². The number of nitrogens with zero attached hydrogens (tertiary/aromatic N) is 2. The zero-order valence-corrected chi connectivity index (χ0v) is 17.2. The molecule has 0 saturated heterocycles. The number of aliphatic hydroxyl groups excluding tert-OH is 1. The van der Waals surface area contributed by atoms with Gasteiger partial charge >= 0.3 is 4.87 Å². The zero-order valence-electron chi connectivity index (χ0n) is 16.4. The van der Waals surface area contributed by atoms with E-state index in [1.54, 1.807) is 7.11 Å². The predicted molar refractivity (Wildman–Crippen MR) is 112 cm³/mol. The third-order valence-electron chi connectivity index (χ3n) is 4.42. The molecule has 8 heteroatoms. The number of hydrogen-bond donors (Lipinski definition) is 3. The van der Waals surface area contributed by atoms with Crippen molar-refractivity contribution < 1.29 is 9.84 Å². The minimum absolute atomic E-state index is 0.00212. The summed E-state index contributed by atoms with van der Waals surface area (Å²) in [5.41, 5.74) is 1.67. The standard InChI is InChI=1S/C20H26N4O3S/c1-12(2)9-14(11-25)21-18-17-19(24-20(26)28-17)23-16(22-18)8-7-13-5-4-6-15(10-13)27-3/h4-6,10,12,14,25H,7-9,11H2,1-3H3,(H2,21,22,23,24,26)/t14-/m1/s1. The number of methoxy groups -OCH3 is 1. The predicted octanol–water partition coefficient (Wildman–Crippen LogP) is 2.99. The van der Waals surface area contributed by atoms with Gasteiger partial charge in [0, 0.05) is 6.42 Å². The first-order chi connectivity index (χ1) is 13.5. The lowest BCUT2D eigenvalue weighted by Crippen LogP contribution is -2.26. The molecule has 7 nitrogen and oxygen atoms in total. The van der Waals surface area contributed by atoms with Crippen molar-refractivity contribution in [3.63, 3.8) is 0 Å². The second kappa shape index (κ2) is 9.16. The van der Waals surface area contributed by atoms with Gasteiger partial charge in [0.2, 0.25) is 0 Å². The molecule has 1 atom stereocenters. The molecule has 0 unspecified atom stereocenters. The molecule has 1 aromatic carbocycles. The van der Waals surface area contributed by atoms with Crippen LogP contribution in [0.5, 0.6) is 5.75 Å². The Kier molecular flexibility index (Phi) is 6.64. The minimum atomic E-state index is -0.165. The number of ether oxygens (including phenoxy) is 1. The van der Waals surface area contributed by atoms with Gasteiger partial charge in [-0.15, -0.1) is 0 Å². The molecule has 3 N–H and O–H groups in total. The Morgan fingerprint density at radius 3 is 2.82 bits per heavy atom. The van der Waals surface area contributed by atoms with Gasteiger partial charge in [-0.25, -0.2) is 9.97 Å². The summed E-state index contributed by atoms with van der Waals surface area (Å²) in [7, 11) is 1.65. The smallest absolute Gasteiger partial charge is 0.306 e. The van der Waals surface area contributed by atoms with Crippen molar-refractivity contribution in [2.75, 3.05) is 19.0 Å². The number of benzene rings is 1. The van der Waals surface area contributed by atoms with Crippen LogP contribution in [0.25, 0.3) is 10.3 Å². The number of anilines is 1. The molecule has 0 bridgehead atoms. The topological polar surface area (TPSA) is 100 Å². The maximum Gasteiger partial charge on any atom is 0.306 e. The van der Waals surface area contributed by atoms with Gasteiger partial charge < -0.3 is 15.2 Å². The summed E-state index contributed by atoms with van der Waals surface area (Å²) < 4.78 is 5.96. The van der Waals surface area contributed by atoms with Crippen LogP contribution in [0.2, 0.25) is 0 Å². The number of thiazole rings is 1. The van der Waals surface area contributed by atoms with Crippen LogP contribution in [0.15, 0.2) is 29.1 Å². The number of nitrogens with one attached hydrogen (secondary N) is 2. The fraction of sp³-hybridized carbons (Fsp3) is 0.450. The summed E-state index contributed by atoms with van der Waals surface area (Å²) >= 11 is 1.08. The van der Waals surface area contributed by atoms with Gasteiger partial charge in [0.25, 0.3) is 0 Å². The van der Waals surface area contributed by atoms with Crippen LogP contribution in [0.1, 0.15) is 31.7 Å². The fourth-order valence-corrected chi connectivity index (χ4v) is 3.86. The molecule has 0 radical (unpaired) electrons. The average Bonchev–Trinajstić information content (AvgIpc) is 3.06. The SMILES string of the molecule is COc1cccc(CCc2nc(N[C@@H](CO)CC(C)C)c3sc(=O)[nH]c3n2)c1. The number of aromatic amines is 1. The zero-order chi connectivity index (χ0) is 20.1. The largest absolute Gasteiger partial charge is 0.497 e. The highest BCUT2D eigenvalue weighted by atomic mass is 32.1. The molecule has 0 aliphatic rings. The van der Waals surface area contributed by atoms with Crippen molar-refractivity contribution in [1.29, 1.82) is 0 Å². The van der Waals surface area contributed by atoms with Gasteiger partial charge in [0.05, 0.1) is 19.8 Å². The first kappa shape index (κ1) is 20.3. The molecule has 28 heavy (non-hydrogen) atoms. The van der Waals surface area contributed by atoms with Gasteiger partial charge in [-0.1, -0.05) is 37.3 Å². The number of aryl methyl sites for hydroxylation is 2. The van der Waals surface area contributed by atoms with Crippen LogP contribution >= 0.6 is 11.3 Å². The molecule has 0 aliphatic heterocycles. The van der Waals surface area contributed by atoms with E-state index < -0.39 is 0 Å². The van der Waals surface area contributed by atoms with Crippen molar-refractivity contribution >= 4 is 27.5 Å². The number of hydrogen-bond acceptors (Lipinski definition) is 7. The Bertz CT molecular complexity index is 983. The van der Waals surface area contributed by atoms with E-state index in [0.29, 0.717) is 34.3 Å². The van der Waals surface area contributed by atoms with Gasteiger partial charge in [0.15, 0.2) is 5.65 Å². The number of aliphatic hydroxyl groups is 1. The molecule has 2 aromatic heterocycles. The Balaban J connectivity index is 1.85. The van der Waals surface area contributed by atoms with Crippen LogP contribution in [-0.2, 0) is 12.8 Å². The molecule has 2 heterocycles.